The summed E-state index contributed by atoms with van der Waals surface area (Å²) in [4.78, 5) is 25.3. The number of nitro groups is 1. The minimum absolute atomic E-state index is 0.0282. The van der Waals surface area contributed by atoms with Gasteiger partial charge < -0.3 is 19.7 Å². The first kappa shape index (κ1) is 26.7. The fraction of sp³-hybridized carbons (Fsp3) is 0.480. The van der Waals surface area contributed by atoms with Gasteiger partial charge in [0.15, 0.2) is 11.5 Å². The number of fused-ring (bicyclic) bond motifs is 1. The second-order valence-electron chi connectivity index (χ2n) is 9.14. The highest BCUT2D eigenvalue weighted by molar-refractivity contribution is 6.32. The molecule has 0 saturated carbocycles. The van der Waals surface area contributed by atoms with E-state index >= 15 is 0 Å². The van der Waals surface area contributed by atoms with Crippen molar-refractivity contribution in [2.24, 2.45) is 11.8 Å². The maximum Gasteiger partial charge on any atom is 0.305 e. The molecule has 0 fully saturated rings. The molecule has 0 saturated heterocycles. The van der Waals surface area contributed by atoms with Gasteiger partial charge in [0.05, 0.1) is 23.2 Å². The highest BCUT2D eigenvalue weighted by Gasteiger charge is 2.23. The zero-order chi connectivity index (χ0) is 25.5. The zero-order valence-corrected chi connectivity index (χ0v) is 20.9. The van der Waals surface area contributed by atoms with Gasteiger partial charge in [-0.3, -0.25) is 14.9 Å². The van der Waals surface area contributed by atoms with Crippen LogP contribution in [0.5, 0.6) is 11.5 Å². The fourth-order valence-corrected chi connectivity index (χ4v) is 4.20. The van der Waals surface area contributed by atoms with Gasteiger partial charge in [-0.1, -0.05) is 38.4 Å². The van der Waals surface area contributed by atoms with E-state index in [0.717, 1.165) is 18.1 Å². The number of carbonyl (C=O) groups excluding carboxylic acids is 1. The molecule has 1 atom stereocenters. The summed E-state index contributed by atoms with van der Waals surface area (Å²) in [7, 11) is 0. The monoisotopic (exact) mass is 507 g/mol. The van der Waals surface area contributed by atoms with Gasteiger partial charge in [-0.15, -0.1) is 0 Å². The highest BCUT2D eigenvalue weighted by atomic mass is 35.5. The Hall–Kier alpha value is -2.91. The molecule has 1 heterocycles. The normalized spacial score (nSPS) is 13.9. The van der Waals surface area contributed by atoms with Gasteiger partial charge in [0.1, 0.15) is 0 Å². The van der Waals surface area contributed by atoms with E-state index in [9.17, 15) is 19.3 Å². The van der Waals surface area contributed by atoms with Crippen LogP contribution in [0.2, 0.25) is 5.02 Å². The minimum atomic E-state index is -0.874. The number of rotatable bonds is 10. The Balaban J connectivity index is 1.65. The van der Waals surface area contributed by atoms with Crippen LogP contribution in [0.15, 0.2) is 30.3 Å². The van der Waals surface area contributed by atoms with Gasteiger partial charge in [-0.25, -0.2) is 0 Å². The van der Waals surface area contributed by atoms with Gasteiger partial charge in [0.2, 0.25) is 11.7 Å². The van der Waals surface area contributed by atoms with E-state index in [0.29, 0.717) is 54.9 Å². The molecule has 0 spiro atoms. The molecule has 190 valence electrons. The van der Waals surface area contributed by atoms with Crippen molar-refractivity contribution in [1.82, 2.24) is 10.2 Å². The molecule has 1 aliphatic rings. The molecule has 0 aliphatic carbocycles. The first-order valence-electron chi connectivity index (χ1n) is 11.7. The summed E-state index contributed by atoms with van der Waals surface area (Å²) in [5, 5.41) is 14.6. The second-order valence-corrected chi connectivity index (χ2v) is 9.55. The number of hydrogen-bond acceptors (Lipinski definition) is 6. The van der Waals surface area contributed by atoms with Crippen LogP contribution in [0.3, 0.4) is 0 Å². The molecule has 1 unspecified atom stereocenters. The Bertz CT molecular complexity index is 1070. The van der Waals surface area contributed by atoms with Gasteiger partial charge in [-0.05, 0) is 35.2 Å². The molecule has 1 amide bonds. The molecule has 0 radical (unpaired) electrons. The largest absolute Gasteiger partial charge is 0.489 e. The van der Waals surface area contributed by atoms with E-state index in [-0.39, 0.29) is 24.3 Å². The van der Waals surface area contributed by atoms with Gasteiger partial charge in [-0.2, -0.15) is 4.39 Å². The van der Waals surface area contributed by atoms with Crippen molar-refractivity contribution in [2.75, 3.05) is 26.3 Å². The summed E-state index contributed by atoms with van der Waals surface area (Å²) in [6.07, 6.45) is 0.772. The van der Waals surface area contributed by atoms with Crippen molar-refractivity contribution in [1.29, 1.82) is 0 Å². The third kappa shape index (κ3) is 7.29. The Labute approximate surface area is 209 Å². The predicted molar refractivity (Wildman–Crippen MR) is 131 cm³/mol. The highest BCUT2D eigenvalue weighted by Crippen LogP contribution is 2.38. The molecule has 1 aliphatic heterocycles. The molecule has 10 heteroatoms. The van der Waals surface area contributed by atoms with Crippen molar-refractivity contribution in [3.63, 3.8) is 0 Å². The lowest BCUT2D eigenvalue weighted by atomic mass is 10.1. The lowest BCUT2D eigenvalue weighted by molar-refractivity contribution is -0.387. The smallest absolute Gasteiger partial charge is 0.305 e. The average Bonchev–Trinajstić information content (AvgIpc) is 3.04. The van der Waals surface area contributed by atoms with E-state index in [1.165, 1.54) is 12.1 Å². The molecular formula is C25H31ClFN3O5. The number of halogens is 2. The molecule has 8 nitrogen and oxygen atoms in total. The van der Waals surface area contributed by atoms with Crippen molar-refractivity contribution < 1.29 is 23.6 Å². The Kier molecular flexibility index (Phi) is 9.28. The molecule has 3 rings (SSSR count). The van der Waals surface area contributed by atoms with Crippen molar-refractivity contribution in [2.45, 2.75) is 40.3 Å². The van der Waals surface area contributed by atoms with Crippen LogP contribution in [0, 0.1) is 27.8 Å². The molecule has 2 aromatic rings. The molecular weight excluding hydrogens is 477 g/mol. The van der Waals surface area contributed by atoms with Crippen LogP contribution in [-0.2, 0) is 17.9 Å². The van der Waals surface area contributed by atoms with Crippen molar-refractivity contribution >= 4 is 23.2 Å². The SMILES string of the molecule is CC(C)CN(Cc1cc(Cl)c2c(c1)OCCCO2)C(=O)C(C)CNCc1ccc(F)c([N+](=O)[O-])c1. The number of ether oxygens (including phenoxy) is 2. The van der Waals surface area contributed by atoms with Gasteiger partial charge in [0, 0.05) is 44.6 Å². The third-order valence-electron chi connectivity index (χ3n) is 5.54. The third-order valence-corrected chi connectivity index (χ3v) is 5.82. The number of nitrogens with zero attached hydrogens (tertiary/aromatic N) is 2. The van der Waals surface area contributed by atoms with E-state index in [2.05, 4.69) is 5.32 Å². The van der Waals surface area contributed by atoms with Crippen LogP contribution in [0.4, 0.5) is 10.1 Å². The average molecular weight is 508 g/mol. The van der Waals surface area contributed by atoms with Crippen LogP contribution < -0.4 is 14.8 Å². The molecule has 1 N–H and O–H groups in total. The van der Waals surface area contributed by atoms with E-state index in [1.54, 1.807) is 11.0 Å². The van der Waals surface area contributed by atoms with E-state index in [4.69, 9.17) is 21.1 Å². The van der Waals surface area contributed by atoms with Crippen molar-refractivity contribution in [3.8, 4) is 11.5 Å². The fourth-order valence-electron chi connectivity index (χ4n) is 3.91. The number of nitro benzene ring substituents is 1. The summed E-state index contributed by atoms with van der Waals surface area (Å²) < 4.78 is 25.0. The summed E-state index contributed by atoms with van der Waals surface area (Å²) in [5.74, 6) is 0.133. The van der Waals surface area contributed by atoms with Crippen LogP contribution in [0.1, 0.15) is 38.3 Å². The van der Waals surface area contributed by atoms with Gasteiger partial charge >= 0.3 is 5.69 Å². The lowest BCUT2D eigenvalue weighted by Crippen LogP contribution is -2.40. The van der Waals surface area contributed by atoms with E-state index < -0.39 is 16.4 Å². The first-order valence-corrected chi connectivity index (χ1v) is 12.0. The van der Waals surface area contributed by atoms with Crippen LogP contribution >= 0.6 is 11.6 Å². The topological polar surface area (TPSA) is 93.9 Å². The number of amides is 1. The summed E-state index contributed by atoms with van der Waals surface area (Å²) in [5.41, 5.74) is 0.857. The number of hydrogen-bond donors (Lipinski definition) is 1. The summed E-state index contributed by atoms with van der Waals surface area (Å²) in [6, 6.07) is 7.44. The number of benzene rings is 2. The summed E-state index contributed by atoms with van der Waals surface area (Å²) >= 11 is 6.43. The molecule has 0 bridgehead atoms. The molecule has 35 heavy (non-hydrogen) atoms. The van der Waals surface area contributed by atoms with Crippen LogP contribution in [-0.4, -0.2) is 42.0 Å². The summed E-state index contributed by atoms with van der Waals surface area (Å²) in [6.45, 7) is 8.59. The van der Waals surface area contributed by atoms with Gasteiger partial charge in [0.25, 0.3) is 0 Å². The zero-order valence-electron chi connectivity index (χ0n) is 20.2. The number of carbonyl (C=O) groups is 1. The Morgan fingerprint density at radius 3 is 2.66 bits per heavy atom. The maximum atomic E-state index is 13.6. The maximum absolute atomic E-state index is 13.6. The number of nitrogens with one attached hydrogen (secondary N) is 1. The predicted octanol–water partition coefficient (Wildman–Crippen LogP) is 4.96. The van der Waals surface area contributed by atoms with Crippen LogP contribution in [0.25, 0.3) is 0 Å². The standard InChI is InChI=1S/C25H31ClFN3O5/c1-16(2)14-29(15-19-9-20(26)24-23(11-19)34-7-4-8-35-24)25(31)17(3)12-28-13-18-5-6-21(27)22(10-18)30(32)33/h5-6,9-11,16-17,28H,4,7-8,12-15H2,1-3H3. The minimum Gasteiger partial charge on any atom is -0.489 e. The molecule has 0 aromatic heterocycles. The van der Waals surface area contributed by atoms with Crippen molar-refractivity contribution in [3.05, 3.63) is 62.4 Å². The van der Waals surface area contributed by atoms with E-state index in [1.807, 2.05) is 26.8 Å². The first-order chi connectivity index (χ1) is 16.7. The Morgan fingerprint density at radius 2 is 1.94 bits per heavy atom. The lowest BCUT2D eigenvalue weighted by Gasteiger charge is -2.28. The second kappa shape index (κ2) is 12.2. The molecule has 2 aromatic carbocycles. The Morgan fingerprint density at radius 1 is 1.20 bits per heavy atom. The quantitative estimate of drug-likeness (QED) is 0.361.